The fourth-order valence-electron chi connectivity index (χ4n) is 2.44. The Bertz CT molecular complexity index is 697. The average Bonchev–Trinajstić information content (AvgIpc) is 2.98. The van der Waals surface area contributed by atoms with Gasteiger partial charge >= 0.3 is 0 Å². The number of imidazole rings is 1. The molecule has 2 atom stereocenters. The quantitative estimate of drug-likeness (QED) is 0.917. The summed E-state index contributed by atoms with van der Waals surface area (Å²) in [5, 5.41) is 3.22. The second-order valence-corrected chi connectivity index (χ2v) is 7.31. The topological polar surface area (TPSA) is 76.9 Å². The van der Waals surface area contributed by atoms with Crippen LogP contribution in [0.1, 0.15) is 6.92 Å². The molecule has 1 N–H and O–H groups in total. The molecule has 0 aliphatic carbocycles. The Balaban J connectivity index is 1.80. The van der Waals surface area contributed by atoms with Gasteiger partial charge in [0.25, 0.3) is 0 Å². The van der Waals surface area contributed by atoms with Crippen molar-refractivity contribution in [3.8, 4) is 5.82 Å². The summed E-state index contributed by atoms with van der Waals surface area (Å²) in [6, 6.07) is 5.53. The van der Waals surface area contributed by atoms with Crippen molar-refractivity contribution in [2.45, 2.75) is 13.0 Å². The normalized spacial score (nSPS) is 24.6. The van der Waals surface area contributed by atoms with Crippen LogP contribution >= 0.6 is 0 Å². The van der Waals surface area contributed by atoms with Gasteiger partial charge in [0.1, 0.15) is 18.0 Å². The molecule has 0 unspecified atom stereocenters. The highest BCUT2D eigenvalue weighted by Gasteiger charge is 2.34. The molecule has 3 heterocycles. The summed E-state index contributed by atoms with van der Waals surface area (Å²) in [6.45, 7) is 1.95. The first-order chi connectivity index (χ1) is 9.53. The van der Waals surface area contributed by atoms with E-state index < -0.39 is 9.84 Å². The minimum Gasteiger partial charge on any atom is -0.366 e. The zero-order valence-corrected chi connectivity index (χ0v) is 11.9. The molecular weight excluding hydrogens is 276 g/mol. The van der Waals surface area contributed by atoms with Crippen molar-refractivity contribution in [1.29, 1.82) is 0 Å². The van der Waals surface area contributed by atoms with E-state index in [1.807, 2.05) is 31.3 Å². The number of sulfone groups is 1. The van der Waals surface area contributed by atoms with Gasteiger partial charge in [-0.15, -0.1) is 0 Å². The molecule has 2 aromatic rings. The molecule has 1 aliphatic rings. The van der Waals surface area contributed by atoms with Crippen LogP contribution in [0.4, 0.5) is 5.82 Å². The molecule has 106 valence electrons. The Hall–Kier alpha value is -1.89. The number of pyridine rings is 1. The van der Waals surface area contributed by atoms with Crippen molar-refractivity contribution in [2.24, 2.45) is 5.92 Å². The Morgan fingerprint density at radius 1 is 1.35 bits per heavy atom. The van der Waals surface area contributed by atoms with Gasteiger partial charge in [-0.3, -0.25) is 4.57 Å². The minimum atomic E-state index is -2.92. The molecule has 2 aromatic heterocycles. The van der Waals surface area contributed by atoms with E-state index in [0.29, 0.717) is 5.82 Å². The highest BCUT2D eigenvalue weighted by atomic mass is 32.2. The second kappa shape index (κ2) is 4.90. The summed E-state index contributed by atoms with van der Waals surface area (Å²) < 4.78 is 25.1. The average molecular weight is 292 g/mol. The molecule has 0 spiro atoms. The number of aromatic nitrogens is 3. The molecule has 0 bridgehead atoms. The van der Waals surface area contributed by atoms with Crippen LogP contribution < -0.4 is 5.32 Å². The second-order valence-electron chi connectivity index (χ2n) is 5.16. The Morgan fingerprint density at radius 2 is 2.20 bits per heavy atom. The van der Waals surface area contributed by atoms with Crippen LogP contribution in [0.15, 0.2) is 36.9 Å². The van der Waals surface area contributed by atoms with Gasteiger partial charge in [0.05, 0.1) is 11.5 Å². The van der Waals surface area contributed by atoms with E-state index in [1.54, 1.807) is 17.1 Å². The predicted octanol–water partition coefficient (Wildman–Crippen LogP) is 1.11. The maximum Gasteiger partial charge on any atom is 0.152 e. The van der Waals surface area contributed by atoms with E-state index in [4.69, 9.17) is 0 Å². The van der Waals surface area contributed by atoms with Crippen molar-refractivity contribution in [2.75, 3.05) is 16.8 Å². The Morgan fingerprint density at radius 3 is 2.85 bits per heavy atom. The first-order valence-corrected chi connectivity index (χ1v) is 8.28. The molecule has 1 saturated heterocycles. The van der Waals surface area contributed by atoms with E-state index in [-0.39, 0.29) is 23.5 Å². The lowest BCUT2D eigenvalue weighted by molar-refractivity contribution is 0.591. The maximum atomic E-state index is 11.6. The van der Waals surface area contributed by atoms with E-state index >= 15 is 0 Å². The van der Waals surface area contributed by atoms with Gasteiger partial charge in [-0.1, -0.05) is 13.0 Å². The maximum absolute atomic E-state index is 11.6. The van der Waals surface area contributed by atoms with Crippen LogP contribution in [0.2, 0.25) is 0 Å². The smallest absolute Gasteiger partial charge is 0.152 e. The molecule has 1 fully saturated rings. The third-order valence-corrected chi connectivity index (χ3v) is 5.37. The van der Waals surface area contributed by atoms with Gasteiger partial charge in [-0.25, -0.2) is 18.4 Å². The lowest BCUT2D eigenvalue weighted by atomic mass is 10.1. The summed E-state index contributed by atoms with van der Waals surface area (Å²) in [6.07, 6.45) is 5.18. The SMILES string of the molecule is C[C@H]1CS(=O)(=O)C[C@H]1Nc1cccc(-n2ccnc2)n1. The summed E-state index contributed by atoms with van der Waals surface area (Å²) in [5.74, 6) is 1.95. The standard InChI is InChI=1S/C13H16N4O2S/c1-10-7-20(18,19)8-11(10)15-12-3-2-4-13(16-12)17-6-5-14-9-17/h2-6,9-11H,7-8H2,1H3,(H,15,16)/t10-,11+/m0/s1. The van der Waals surface area contributed by atoms with Gasteiger partial charge in [0, 0.05) is 18.4 Å². The molecular formula is C13H16N4O2S. The first-order valence-electron chi connectivity index (χ1n) is 6.46. The summed E-state index contributed by atoms with van der Waals surface area (Å²) in [4.78, 5) is 8.46. The molecule has 0 saturated carbocycles. The zero-order valence-electron chi connectivity index (χ0n) is 11.1. The van der Waals surface area contributed by atoms with Gasteiger partial charge in [-0.2, -0.15) is 0 Å². The fourth-order valence-corrected chi connectivity index (χ4v) is 4.57. The highest BCUT2D eigenvalue weighted by Crippen LogP contribution is 2.22. The van der Waals surface area contributed by atoms with Gasteiger partial charge in [-0.05, 0) is 18.1 Å². The van der Waals surface area contributed by atoms with Crippen molar-refractivity contribution in [1.82, 2.24) is 14.5 Å². The molecule has 0 aromatic carbocycles. The van der Waals surface area contributed by atoms with Crippen LogP contribution in [0.5, 0.6) is 0 Å². The summed E-state index contributed by atoms with van der Waals surface area (Å²) in [7, 11) is -2.92. The molecule has 6 nitrogen and oxygen atoms in total. The molecule has 0 radical (unpaired) electrons. The predicted molar refractivity (Wildman–Crippen MR) is 76.6 cm³/mol. The van der Waals surface area contributed by atoms with Crippen LogP contribution in [0, 0.1) is 5.92 Å². The van der Waals surface area contributed by atoms with Crippen molar-refractivity contribution < 1.29 is 8.42 Å². The van der Waals surface area contributed by atoms with Gasteiger partial charge < -0.3 is 5.32 Å². The lowest BCUT2D eigenvalue weighted by Crippen LogP contribution is -2.26. The fraction of sp³-hybridized carbons (Fsp3) is 0.385. The summed E-state index contributed by atoms with van der Waals surface area (Å²) >= 11 is 0. The van der Waals surface area contributed by atoms with Crippen LogP contribution in [0.25, 0.3) is 5.82 Å². The monoisotopic (exact) mass is 292 g/mol. The number of anilines is 1. The molecule has 1 aliphatic heterocycles. The molecule has 20 heavy (non-hydrogen) atoms. The lowest BCUT2D eigenvalue weighted by Gasteiger charge is -2.16. The number of hydrogen-bond donors (Lipinski definition) is 1. The van der Waals surface area contributed by atoms with Gasteiger partial charge in [0.15, 0.2) is 9.84 Å². The molecule has 0 amide bonds. The minimum absolute atomic E-state index is 0.0782. The highest BCUT2D eigenvalue weighted by molar-refractivity contribution is 7.91. The van der Waals surface area contributed by atoms with Crippen molar-refractivity contribution in [3.05, 3.63) is 36.9 Å². The van der Waals surface area contributed by atoms with E-state index in [1.165, 1.54) is 0 Å². The van der Waals surface area contributed by atoms with E-state index in [2.05, 4.69) is 15.3 Å². The zero-order chi connectivity index (χ0) is 14.2. The number of nitrogens with zero attached hydrogens (tertiary/aromatic N) is 3. The number of nitrogens with one attached hydrogen (secondary N) is 1. The summed E-state index contributed by atoms with van der Waals surface area (Å²) in [5.41, 5.74) is 0. The largest absolute Gasteiger partial charge is 0.366 e. The Kier molecular flexibility index (Phi) is 3.21. The van der Waals surface area contributed by atoms with Crippen molar-refractivity contribution in [3.63, 3.8) is 0 Å². The Labute approximate surface area is 117 Å². The van der Waals surface area contributed by atoms with E-state index in [0.717, 1.165) is 5.82 Å². The van der Waals surface area contributed by atoms with Crippen LogP contribution in [-0.2, 0) is 9.84 Å². The third-order valence-electron chi connectivity index (χ3n) is 3.47. The van der Waals surface area contributed by atoms with Crippen LogP contribution in [0.3, 0.4) is 0 Å². The molecule has 3 rings (SSSR count). The van der Waals surface area contributed by atoms with Crippen LogP contribution in [-0.4, -0.2) is 40.5 Å². The van der Waals surface area contributed by atoms with Gasteiger partial charge in [0.2, 0.25) is 0 Å². The first kappa shape index (κ1) is 13.1. The number of hydrogen-bond acceptors (Lipinski definition) is 5. The third kappa shape index (κ3) is 2.67. The molecule has 7 heteroatoms. The van der Waals surface area contributed by atoms with Crippen molar-refractivity contribution >= 4 is 15.7 Å². The van der Waals surface area contributed by atoms with E-state index in [9.17, 15) is 8.42 Å². The number of rotatable bonds is 3.